The van der Waals surface area contributed by atoms with E-state index in [4.69, 9.17) is 4.74 Å². The van der Waals surface area contributed by atoms with Crippen LogP contribution in [0, 0.1) is 5.92 Å². The van der Waals surface area contributed by atoms with E-state index >= 15 is 0 Å². The number of hydrogen-bond acceptors (Lipinski definition) is 6. The maximum Gasteiger partial charge on any atom is 0.327 e. The molecule has 6 heteroatoms. The van der Waals surface area contributed by atoms with Gasteiger partial charge in [0.05, 0.1) is 12.1 Å². The third kappa shape index (κ3) is 3.49. The van der Waals surface area contributed by atoms with E-state index in [1.807, 2.05) is 6.07 Å². The summed E-state index contributed by atoms with van der Waals surface area (Å²) < 4.78 is 5.05. The lowest BCUT2D eigenvalue weighted by atomic mass is 9.95. The molecule has 0 aromatic carbocycles. The Balaban J connectivity index is 2.10. The van der Waals surface area contributed by atoms with Crippen LogP contribution in [0.4, 0.5) is 0 Å². The first-order chi connectivity index (χ1) is 9.73. The van der Waals surface area contributed by atoms with E-state index in [0.717, 1.165) is 30.8 Å². The molecule has 0 aliphatic heterocycles. The summed E-state index contributed by atoms with van der Waals surface area (Å²) >= 11 is 1.58. The first-order valence-corrected chi connectivity index (χ1v) is 7.93. The molecule has 0 amide bonds. The normalized spacial score (nSPS) is 17.5. The zero-order valence-corrected chi connectivity index (χ0v) is 12.8. The third-order valence-electron chi connectivity index (χ3n) is 3.52. The van der Waals surface area contributed by atoms with Crippen LogP contribution in [0.15, 0.2) is 23.6 Å². The van der Waals surface area contributed by atoms with E-state index < -0.39 is 5.54 Å². The highest BCUT2D eigenvalue weighted by atomic mass is 32.2. The van der Waals surface area contributed by atoms with Gasteiger partial charge >= 0.3 is 5.97 Å². The summed E-state index contributed by atoms with van der Waals surface area (Å²) in [6.45, 7) is 2.91. The zero-order chi connectivity index (χ0) is 14.4. The molecule has 110 valence electrons. The fraction of sp³-hybridized carbons (Fsp3) is 0.643. The lowest BCUT2D eigenvalue weighted by molar-refractivity contribution is -0.148. The van der Waals surface area contributed by atoms with Crippen molar-refractivity contribution in [2.45, 2.75) is 36.8 Å². The first-order valence-electron chi connectivity index (χ1n) is 6.95. The van der Waals surface area contributed by atoms with Crippen molar-refractivity contribution in [3.05, 3.63) is 18.6 Å². The van der Waals surface area contributed by atoms with E-state index in [9.17, 15) is 4.79 Å². The molecule has 20 heavy (non-hydrogen) atoms. The smallest absolute Gasteiger partial charge is 0.327 e. The van der Waals surface area contributed by atoms with Crippen molar-refractivity contribution >= 4 is 17.7 Å². The number of thioether (sulfide) groups is 1. The van der Waals surface area contributed by atoms with Crippen LogP contribution in [0.5, 0.6) is 0 Å². The molecule has 1 heterocycles. The van der Waals surface area contributed by atoms with Crippen LogP contribution in [-0.4, -0.2) is 40.9 Å². The number of aromatic nitrogens is 2. The fourth-order valence-electron chi connectivity index (χ4n) is 2.27. The van der Waals surface area contributed by atoms with Crippen molar-refractivity contribution in [3.8, 4) is 0 Å². The van der Waals surface area contributed by atoms with Gasteiger partial charge in [0.15, 0.2) is 0 Å². The van der Waals surface area contributed by atoms with Gasteiger partial charge in [0, 0.05) is 11.9 Å². The molecule has 1 atom stereocenters. The number of hydrogen-bond donors (Lipinski definition) is 1. The van der Waals surface area contributed by atoms with Crippen LogP contribution in [-0.2, 0) is 9.53 Å². The highest BCUT2D eigenvalue weighted by Gasteiger charge is 2.51. The van der Waals surface area contributed by atoms with E-state index in [-0.39, 0.29) is 5.97 Å². The average molecular weight is 295 g/mol. The molecule has 1 N–H and O–H groups in total. The molecule has 1 aliphatic rings. The lowest BCUT2D eigenvalue weighted by Gasteiger charge is -2.32. The van der Waals surface area contributed by atoms with Crippen LogP contribution >= 0.6 is 11.8 Å². The number of ether oxygens (including phenoxy) is 1. The number of nitrogens with zero attached hydrogens (tertiary/aromatic N) is 2. The molecule has 0 saturated heterocycles. The quantitative estimate of drug-likeness (QED) is 0.449. The Kier molecular flexibility index (Phi) is 5.37. The number of esters is 1. The highest BCUT2D eigenvalue weighted by Crippen LogP contribution is 2.43. The molecule has 1 aliphatic carbocycles. The standard InChI is InChI=1S/C14H21N3O2S/c1-3-7-17-14(11-4-5-11,13(18)19-2)9-20-12-6-8-15-10-16-12/h6,8,10-11,17H,3-5,7,9H2,1-2H3. The molecule has 0 bridgehead atoms. The van der Waals surface area contributed by atoms with E-state index in [1.165, 1.54) is 13.4 Å². The molecule has 1 aromatic heterocycles. The molecule has 2 rings (SSSR count). The summed E-state index contributed by atoms with van der Waals surface area (Å²) in [5.41, 5.74) is -0.583. The highest BCUT2D eigenvalue weighted by molar-refractivity contribution is 7.99. The predicted octanol–water partition coefficient (Wildman–Crippen LogP) is 1.89. The minimum absolute atomic E-state index is 0.157. The molecule has 0 radical (unpaired) electrons. The van der Waals surface area contributed by atoms with Crippen molar-refractivity contribution in [1.29, 1.82) is 0 Å². The number of carbonyl (C=O) groups excluding carboxylic acids is 1. The molecule has 1 aromatic rings. The Morgan fingerprint density at radius 1 is 1.60 bits per heavy atom. The Bertz CT molecular complexity index is 439. The Morgan fingerprint density at radius 2 is 2.40 bits per heavy atom. The minimum Gasteiger partial charge on any atom is -0.468 e. The number of nitrogens with one attached hydrogen (secondary N) is 1. The second-order valence-corrected chi connectivity index (χ2v) is 6.00. The van der Waals surface area contributed by atoms with Gasteiger partial charge in [-0.05, 0) is 37.8 Å². The van der Waals surface area contributed by atoms with Crippen molar-refractivity contribution < 1.29 is 9.53 Å². The predicted molar refractivity (Wildman–Crippen MR) is 78.5 cm³/mol. The van der Waals surface area contributed by atoms with Crippen molar-refractivity contribution in [3.63, 3.8) is 0 Å². The largest absolute Gasteiger partial charge is 0.468 e. The van der Waals surface area contributed by atoms with Crippen LogP contribution < -0.4 is 5.32 Å². The average Bonchev–Trinajstić information content (AvgIpc) is 3.33. The topological polar surface area (TPSA) is 64.1 Å². The summed E-state index contributed by atoms with van der Waals surface area (Å²) in [5, 5.41) is 4.31. The van der Waals surface area contributed by atoms with Crippen LogP contribution in [0.3, 0.4) is 0 Å². The van der Waals surface area contributed by atoms with Gasteiger partial charge < -0.3 is 10.1 Å². The molecule has 1 unspecified atom stereocenters. The first kappa shape index (κ1) is 15.3. The Hall–Kier alpha value is -1.14. The zero-order valence-electron chi connectivity index (χ0n) is 12.0. The van der Waals surface area contributed by atoms with E-state index in [0.29, 0.717) is 11.7 Å². The SMILES string of the molecule is CCCNC(CSc1ccncn1)(C(=O)OC)C1CC1. The maximum atomic E-state index is 12.3. The maximum absolute atomic E-state index is 12.3. The summed E-state index contributed by atoms with van der Waals surface area (Å²) in [4.78, 5) is 20.4. The van der Waals surface area contributed by atoms with Gasteiger partial charge in [0.25, 0.3) is 0 Å². The second kappa shape index (κ2) is 7.04. The summed E-state index contributed by atoms with van der Waals surface area (Å²) in [5.74, 6) is 0.854. The van der Waals surface area contributed by atoms with Crippen molar-refractivity contribution in [2.24, 2.45) is 5.92 Å². The van der Waals surface area contributed by atoms with Crippen LogP contribution in [0.25, 0.3) is 0 Å². The fourth-order valence-corrected chi connectivity index (χ4v) is 3.38. The molecule has 0 spiro atoms. The monoisotopic (exact) mass is 295 g/mol. The van der Waals surface area contributed by atoms with Crippen molar-refractivity contribution in [1.82, 2.24) is 15.3 Å². The van der Waals surface area contributed by atoms with Crippen molar-refractivity contribution in [2.75, 3.05) is 19.4 Å². The van der Waals surface area contributed by atoms with Gasteiger partial charge in [-0.1, -0.05) is 6.92 Å². The molecular weight excluding hydrogens is 274 g/mol. The number of carbonyl (C=O) groups is 1. The van der Waals surface area contributed by atoms with Gasteiger partial charge in [0.1, 0.15) is 11.9 Å². The molecule has 1 fully saturated rings. The Labute approximate surface area is 123 Å². The summed E-state index contributed by atoms with van der Waals surface area (Å²) in [6.07, 6.45) is 6.39. The van der Waals surface area contributed by atoms with Gasteiger partial charge in [-0.3, -0.25) is 4.79 Å². The third-order valence-corrected chi connectivity index (χ3v) is 4.65. The van der Waals surface area contributed by atoms with Gasteiger partial charge in [-0.2, -0.15) is 0 Å². The van der Waals surface area contributed by atoms with Gasteiger partial charge in [-0.25, -0.2) is 9.97 Å². The molecular formula is C14H21N3O2S. The van der Waals surface area contributed by atoms with Gasteiger partial charge in [0.2, 0.25) is 0 Å². The number of methoxy groups -OCH3 is 1. The van der Waals surface area contributed by atoms with E-state index in [2.05, 4.69) is 22.2 Å². The van der Waals surface area contributed by atoms with E-state index in [1.54, 1.807) is 18.0 Å². The Morgan fingerprint density at radius 3 is 2.95 bits per heavy atom. The summed E-state index contributed by atoms with van der Waals surface area (Å²) in [6, 6.07) is 1.86. The molecule has 5 nitrogen and oxygen atoms in total. The number of rotatable bonds is 8. The summed E-state index contributed by atoms with van der Waals surface area (Å²) in [7, 11) is 1.46. The lowest BCUT2D eigenvalue weighted by Crippen LogP contribution is -2.57. The van der Waals surface area contributed by atoms with Crippen LogP contribution in [0.1, 0.15) is 26.2 Å². The van der Waals surface area contributed by atoms with Crippen LogP contribution in [0.2, 0.25) is 0 Å². The second-order valence-electron chi connectivity index (χ2n) is 5.00. The van der Waals surface area contributed by atoms with Gasteiger partial charge in [-0.15, -0.1) is 11.8 Å². The molecule has 1 saturated carbocycles. The minimum atomic E-state index is -0.583.